The molecule has 0 atom stereocenters. The first-order valence-corrected chi connectivity index (χ1v) is 7.52. The molecule has 2 heterocycles. The summed E-state index contributed by atoms with van der Waals surface area (Å²) < 4.78 is 13.7. The van der Waals surface area contributed by atoms with Crippen LogP contribution in [-0.4, -0.2) is 13.2 Å². The van der Waals surface area contributed by atoms with Gasteiger partial charge in [-0.25, -0.2) is 0 Å². The normalized spacial score (nSPS) is 15.2. The first-order valence-electron chi connectivity index (χ1n) is 5.94. The topological polar surface area (TPSA) is 21.7 Å². The lowest BCUT2D eigenvalue weighted by Gasteiger charge is -2.37. The third-order valence-electron chi connectivity index (χ3n) is 3.28. The van der Waals surface area contributed by atoms with Crippen LogP contribution in [0.4, 0.5) is 11.4 Å². The van der Waals surface area contributed by atoms with Gasteiger partial charge < -0.3 is 14.4 Å². The van der Waals surface area contributed by atoms with Gasteiger partial charge in [-0.15, -0.1) is 0 Å². The molecule has 2 aliphatic heterocycles. The van der Waals surface area contributed by atoms with Crippen LogP contribution < -0.4 is 14.4 Å². The maximum Gasteiger partial charge on any atom is 0.156 e. The van der Waals surface area contributed by atoms with Crippen molar-refractivity contribution in [3.63, 3.8) is 0 Å². The molecule has 5 heteroatoms. The van der Waals surface area contributed by atoms with E-state index < -0.39 is 0 Å². The van der Waals surface area contributed by atoms with Crippen molar-refractivity contribution in [3.05, 3.63) is 39.3 Å². The molecule has 0 N–H and O–H groups in total. The molecule has 0 aliphatic carbocycles. The number of fused-ring (bicyclic) bond motifs is 2. The molecule has 0 radical (unpaired) electrons. The number of halogens is 2. The molecular formula is C14H9Br2NO2. The average Bonchev–Trinajstić information content (AvgIpc) is 2.39. The third kappa shape index (κ3) is 1.75. The van der Waals surface area contributed by atoms with Crippen LogP contribution in [0, 0.1) is 0 Å². The van der Waals surface area contributed by atoms with Crippen LogP contribution in [-0.2, 0) is 0 Å². The van der Waals surface area contributed by atoms with Crippen molar-refractivity contribution < 1.29 is 9.47 Å². The molecule has 0 aromatic heterocycles. The molecule has 0 saturated carbocycles. The van der Waals surface area contributed by atoms with Gasteiger partial charge in [0.1, 0.15) is 18.0 Å². The summed E-state index contributed by atoms with van der Waals surface area (Å²) in [6, 6.07) is 10.0. The van der Waals surface area contributed by atoms with Crippen LogP contribution in [0.1, 0.15) is 0 Å². The van der Waals surface area contributed by atoms with Gasteiger partial charge in [-0.3, -0.25) is 0 Å². The van der Waals surface area contributed by atoms with Crippen molar-refractivity contribution in [1.82, 2.24) is 0 Å². The lowest BCUT2D eigenvalue weighted by molar-refractivity contribution is 0.307. The fourth-order valence-corrected chi connectivity index (χ4v) is 3.27. The Labute approximate surface area is 127 Å². The fraction of sp³-hybridized carbons (Fsp3) is 0.143. The second-order valence-corrected chi connectivity index (χ2v) is 6.30. The van der Waals surface area contributed by atoms with E-state index in [0.29, 0.717) is 6.61 Å². The summed E-state index contributed by atoms with van der Waals surface area (Å²) >= 11 is 7.01. The van der Waals surface area contributed by atoms with Crippen LogP contribution in [0.25, 0.3) is 0 Å². The van der Waals surface area contributed by atoms with Gasteiger partial charge in [0, 0.05) is 8.95 Å². The predicted molar refractivity (Wildman–Crippen MR) is 80.9 cm³/mol. The SMILES string of the molecule is Brc1cc2c3c(c1)Oc1ccc(Br)cc1N3CCO2. The molecule has 2 aliphatic rings. The summed E-state index contributed by atoms with van der Waals surface area (Å²) in [5.74, 6) is 2.57. The zero-order valence-corrected chi connectivity index (χ0v) is 13.0. The van der Waals surface area contributed by atoms with Gasteiger partial charge in [0.15, 0.2) is 11.5 Å². The van der Waals surface area contributed by atoms with Crippen molar-refractivity contribution in [2.45, 2.75) is 0 Å². The fourth-order valence-electron chi connectivity index (χ4n) is 2.51. The first kappa shape index (κ1) is 11.6. The monoisotopic (exact) mass is 381 g/mol. The lowest BCUT2D eigenvalue weighted by atomic mass is 10.1. The van der Waals surface area contributed by atoms with Crippen LogP contribution in [0.2, 0.25) is 0 Å². The van der Waals surface area contributed by atoms with Crippen LogP contribution >= 0.6 is 31.9 Å². The molecule has 0 amide bonds. The average molecular weight is 383 g/mol. The highest BCUT2D eigenvalue weighted by molar-refractivity contribution is 9.10. The van der Waals surface area contributed by atoms with Crippen molar-refractivity contribution in [3.8, 4) is 17.2 Å². The molecule has 96 valence electrons. The Morgan fingerprint density at radius 2 is 1.79 bits per heavy atom. The summed E-state index contributed by atoms with van der Waals surface area (Å²) in [5, 5.41) is 0. The second-order valence-electron chi connectivity index (χ2n) is 4.46. The number of rotatable bonds is 0. The molecule has 0 spiro atoms. The Hall–Kier alpha value is -1.20. The van der Waals surface area contributed by atoms with E-state index in [1.54, 1.807) is 0 Å². The van der Waals surface area contributed by atoms with Gasteiger partial charge in [0.25, 0.3) is 0 Å². The van der Waals surface area contributed by atoms with Crippen molar-refractivity contribution in [2.24, 2.45) is 0 Å². The standard InChI is InChI=1S/C14H9Br2NO2/c15-8-1-2-11-10(5-8)17-3-4-18-12-6-9(16)7-13(19-11)14(12)17/h1-2,5-7H,3-4H2. The van der Waals surface area contributed by atoms with Crippen LogP contribution in [0.3, 0.4) is 0 Å². The Morgan fingerprint density at radius 1 is 0.947 bits per heavy atom. The van der Waals surface area contributed by atoms with Crippen molar-refractivity contribution in [2.75, 3.05) is 18.1 Å². The van der Waals surface area contributed by atoms with E-state index in [4.69, 9.17) is 9.47 Å². The minimum atomic E-state index is 0.675. The van der Waals surface area contributed by atoms with Gasteiger partial charge in [-0.1, -0.05) is 31.9 Å². The Morgan fingerprint density at radius 3 is 2.68 bits per heavy atom. The lowest BCUT2D eigenvalue weighted by Crippen LogP contribution is -2.31. The third-order valence-corrected chi connectivity index (χ3v) is 4.23. The summed E-state index contributed by atoms with van der Waals surface area (Å²) in [5.41, 5.74) is 2.09. The molecule has 0 fully saturated rings. The molecule has 3 nitrogen and oxygen atoms in total. The Kier molecular flexibility index (Phi) is 2.53. The second kappa shape index (κ2) is 4.15. The number of anilines is 2. The Balaban J connectivity index is 1.98. The minimum Gasteiger partial charge on any atom is -0.489 e. The number of ether oxygens (including phenoxy) is 2. The van der Waals surface area contributed by atoms with E-state index in [1.807, 2.05) is 24.3 Å². The number of benzene rings is 2. The van der Waals surface area contributed by atoms with E-state index in [0.717, 1.165) is 44.1 Å². The summed E-state index contributed by atoms with van der Waals surface area (Å²) in [6.45, 7) is 1.50. The molecule has 4 rings (SSSR count). The molecule has 2 aromatic carbocycles. The van der Waals surface area contributed by atoms with Gasteiger partial charge in [-0.05, 0) is 30.3 Å². The number of hydrogen-bond donors (Lipinski definition) is 0. The van der Waals surface area contributed by atoms with Crippen molar-refractivity contribution in [1.29, 1.82) is 0 Å². The molecule has 19 heavy (non-hydrogen) atoms. The van der Waals surface area contributed by atoms with E-state index in [1.165, 1.54) is 0 Å². The maximum absolute atomic E-state index is 5.99. The van der Waals surface area contributed by atoms with E-state index >= 15 is 0 Å². The predicted octanol–water partition coefficient (Wildman–Crippen LogP) is 4.85. The van der Waals surface area contributed by atoms with Crippen molar-refractivity contribution >= 4 is 43.2 Å². The first-order chi connectivity index (χ1) is 9.22. The highest BCUT2D eigenvalue weighted by Crippen LogP contribution is 2.53. The summed E-state index contributed by atoms with van der Waals surface area (Å²) in [4.78, 5) is 2.25. The smallest absolute Gasteiger partial charge is 0.156 e. The van der Waals surface area contributed by atoms with E-state index in [9.17, 15) is 0 Å². The van der Waals surface area contributed by atoms with E-state index in [-0.39, 0.29) is 0 Å². The van der Waals surface area contributed by atoms with Gasteiger partial charge >= 0.3 is 0 Å². The Bertz CT molecular complexity index is 687. The van der Waals surface area contributed by atoms with Gasteiger partial charge in [-0.2, -0.15) is 0 Å². The zero-order valence-electron chi connectivity index (χ0n) is 9.82. The zero-order chi connectivity index (χ0) is 13.0. The molecule has 0 bridgehead atoms. The minimum absolute atomic E-state index is 0.675. The molecule has 2 aromatic rings. The van der Waals surface area contributed by atoms with Gasteiger partial charge in [0.2, 0.25) is 0 Å². The highest BCUT2D eigenvalue weighted by Gasteiger charge is 2.31. The summed E-state index contributed by atoms with van der Waals surface area (Å²) in [6.07, 6.45) is 0. The summed E-state index contributed by atoms with van der Waals surface area (Å²) in [7, 11) is 0. The quantitative estimate of drug-likeness (QED) is 0.650. The van der Waals surface area contributed by atoms with Crippen LogP contribution in [0.5, 0.6) is 17.2 Å². The molecular weight excluding hydrogens is 374 g/mol. The number of hydrogen-bond acceptors (Lipinski definition) is 3. The maximum atomic E-state index is 5.99. The highest BCUT2D eigenvalue weighted by atomic mass is 79.9. The number of nitrogens with zero attached hydrogens (tertiary/aromatic N) is 1. The molecule has 0 unspecified atom stereocenters. The largest absolute Gasteiger partial charge is 0.489 e. The molecule has 0 saturated heterocycles. The van der Waals surface area contributed by atoms with Gasteiger partial charge in [0.05, 0.1) is 12.2 Å². The van der Waals surface area contributed by atoms with Crippen LogP contribution in [0.15, 0.2) is 39.3 Å². The van der Waals surface area contributed by atoms with E-state index in [2.05, 4.69) is 42.8 Å².